The zero-order valence-electron chi connectivity index (χ0n) is 18.2. The van der Waals surface area contributed by atoms with Gasteiger partial charge in [-0.2, -0.15) is 5.10 Å². The molecule has 33 heavy (non-hydrogen) atoms. The maximum absolute atomic E-state index is 13.6. The minimum absolute atomic E-state index is 0.00537. The smallest absolute Gasteiger partial charge is 0.234 e. The van der Waals surface area contributed by atoms with Crippen molar-refractivity contribution in [3.63, 3.8) is 0 Å². The quantitative estimate of drug-likeness (QED) is 0.456. The van der Waals surface area contributed by atoms with E-state index in [1.807, 2.05) is 90.0 Å². The number of hydrogen-bond donors (Lipinski definition) is 0. The Labute approximate surface area is 192 Å². The lowest BCUT2D eigenvalue weighted by Crippen LogP contribution is -2.44. The summed E-state index contributed by atoms with van der Waals surface area (Å²) in [5.41, 5.74) is 2.03. The number of amides is 1. The van der Waals surface area contributed by atoms with Gasteiger partial charge in [0.25, 0.3) is 0 Å². The normalized spacial score (nSPS) is 14.4. The van der Waals surface area contributed by atoms with E-state index in [2.05, 4.69) is 15.3 Å². The molecule has 0 N–H and O–H groups in total. The lowest BCUT2D eigenvalue weighted by atomic mass is 9.89. The van der Waals surface area contributed by atoms with Crippen molar-refractivity contribution in [3.8, 4) is 11.7 Å². The second-order valence-electron chi connectivity index (χ2n) is 8.08. The van der Waals surface area contributed by atoms with Crippen LogP contribution in [-0.2, 0) is 4.79 Å². The van der Waals surface area contributed by atoms with E-state index in [9.17, 15) is 4.79 Å². The molecular formula is C26H25N5O2. The van der Waals surface area contributed by atoms with E-state index in [-0.39, 0.29) is 17.9 Å². The molecule has 1 aliphatic rings. The highest BCUT2D eigenvalue weighted by Gasteiger charge is 2.31. The van der Waals surface area contributed by atoms with Crippen LogP contribution in [0.5, 0.6) is 5.88 Å². The summed E-state index contributed by atoms with van der Waals surface area (Å²) in [7, 11) is 0. The molecule has 0 spiro atoms. The lowest BCUT2D eigenvalue weighted by Gasteiger charge is -2.34. The van der Waals surface area contributed by atoms with Crippen molar-refractivity contribution in [2.45, 2.75) is 24.9 Å². The van der Waals surface area contributed by atoms with Gasteiger partial charge in [0.2, 0.25) is 11.8 Å². The third-order valence-electron chi connectivity index (χ3n) is 5.92. The Hall–Kier alpha value is -4.00. The predicted octanol–water partition coefficient (Wildman–Crippen LogP) is 3.86. The van der Waals surface area contributed by atoms with Gasteiger partial charge in [-0.25, -0.2) is 4.68 Å². The molecule has 2 aromatic carbocycles. The summed E-state index contributed by atoms with van der Waals surface area (Å²) in [6, 6.07) is 25.5. The number of piperidine rings is 1. The molecule has 0 saturated carbocycles. The van der Waals surface area contributed by atoms with Crippen molar-refractivity contribution >= 4 is 5.91 Å². The summed E-state index contributed by atoms with van der Waals surface area (Å²) >= 11 is 0. The lowest BCUT2D eigenvalue weighted by molar-refractivity contribution is -0.133. The number of ether oxygens (including phenoxy) is 1. The maximum atomic E-state index is 13.6. The molecule has 0 aliphatic carbocycles. The molecule has 5 rings (SSSR count). The fourth-order valence-electron chi connectivity index (χ4n) is 4.22. The number of carbonyl (C=O) groups is 1. The van der Waals surface area contributed by atoms with Gasteiger partial charge < -0.3 is 9.64 Å². The molecule has 1 fully saturated rings. The second kappa shape index (κ2) is 9.65. The Kier molecular flexibility index (Phi) is 6.10. The molecule has 0 unspecified atom stereocenters. The van der Waals surface area contributed by atoms with Crippen LogP contribution in [0.1, 0.15) is 29.9 Å². The fourth-order valence-corrected chi connectivity index (χ4v) is 4.22. The van der Waals surface area contributed by atoms with Crippen LogP contribution in [0, 0.1) is 0 Å². The highest BCUT2D eigenvalue weighted by molar-refractivity contribution is 5.87. The minimum Gasteiger partial charge on any atom is -0.473 e. The van der Waals surface area contributed by atoms with E-state index < -0.39 is 0 Å². The zero-order chi connectivity index (χ0) is 22.5. The maximum Gasteiger partial charge on any atom is 0.234 e. The Morgan fingerprint density at radius 3 is 2.06 bits per heavy atom. The van der Waals surface area contributed by atoms with Gasteiger partial charge in [-0.05, 0) is 23.3 Å². The molecule has 1 saturated heterocycles. The van der Waals surface area contributed by atoms with Gasteiger partial charge in [-0.15, -0.1) is 10.2 Å². The number of aromatic nitrogens is 4. The topological polar surface area (TPSA) is 73.1 Å². The Bertz CT molecular complexity index is 1120. The standard InChI is InChI=1S/C26H25N5O2/c32-26(25(20-8-3-1-4-9-20)21-10-5-2-6-11-21)30-18-14-22(15-19-30)33-24-13-12-23(28-29-24)31-17-7-16-27-31/h1-13,16-17,22,25H,14-15,18-19H2. The van der Waals surface area contributed by atoms with E-state index in [0.717, 1.165) is 24.0 Å². The number of carbonyl (C=O) groups excluding carboxylic acids is 1. The van der Waals surface area contributed by atoms with Crippen LogP contribution in [0.4, 0.5) is 0 Å². The highest BCUT2D eigenvalue weighted by atomic mass is 16.5. The van der Waals surface area contributed by atoms with Gasteiger partial charge in [0.15, 0.2) is 5.82 Å². The second-order valence-corrected chi connectivity index (χ2v) is 8.08. The van der Waals surface area contributed by atoms with Gasteiger partial charge in [0.05, 0.1) is 5.92 Å². The molecule has 7 nitrogen and oxygen atoms in total. The number of likely N-dealkylation sites (tertiary alicyclic amines) is 1. The first-order valence-electron chi connectivity index (χ1n) is 11.2. The molecule has 4 aromatic rings. The summed E-state index contributed by atoms with van der Waals surface area (Å²) < 4.78 is 7.69. The van der Waals surface area contributed by atoms with E-state index in [0.29, 0.717) is 24.8 Å². The van der Waals surface area contributed by atoms with Crippen molar-refractivity contribution in [1.29, 1.82) is 0 Å². The van der Waals surface area contributed by atoms with Crippen LogP contribution in [0.3, 0.4) is 0 Å². The van der Waals surface area contributed by atoms with Crippen LogP contribution in [-0.4, -0.2) is 50.0 Å². The third-order valence-corrected chi connectivity index (χ3v) is 5.92. The number of benzene rings is 2. The fraction of sp³-hybridized carbons (Fsp3) is 0.231. The van der Waals surface area contributed by atoms with Crippen LogP contribution in [0.2, 0.25) is 0 Å². The van der Waals surface area contributed by atoms with E-state index in [1.165, 1.54) is 0 Å². The van der Waals surface area contributed by atoms with Crippen molar-refractivity contribution in [3.05, 3.63) is 102 Å². The first-order chi connectivity index (χ1) is 16.3. The van der Waals surface area contributed by atoms with Gasteiger partial charge in [0, 0.05) is 44.4 Å². The molecule has 2 aromatic heterocycles. The van der Waals surface area contributed by atoms with Crippen LogP contribution in [0.15, 0.2) is 91.3 Å². The molecule has 0 bridgehead atoms. The summed E-state index contributed by atoms with van der Waals surface area (Å²) in [6.45, 7) is 1.30. The Morgan fingerprint density at radius 2 is 1.52 bits per heavy atom. The monoisotopic (exact) mass is 439 g/mol. The first kappa shape index (κ1) is 20.9. The van der Waals surface area contributed by atoms with E-state index >= 15 is 0 Å². The minimum atomic E-state index is -0.300. The molecule has 166 valence electrons. The Morgan fingerprint density at radius 1 is 0.848 bits per heavy atom. The molecule has 1 aliphatic heterocycles. The van der Waals surface area contributed by atoms with Crippen molar-refractivity contribution in [2.75, 3.05) is 13.1 Å². The molecule has 0 radical (unpaired) electrons. The average Bonchev–Trinajstić information content (AvgIpc) is 3.42. The van der Waals surface area contributed by atoms with Gasteiger partial charge in [-0.1, -0.05) is 60.7 Å². The summed E-state index contributed by atoms with van der Waals surface area (Å²) in [4.78, 5) is 15.5. The number of nitrogens with zero attached hydrogens (tertiary/aromatic N) is 5. The van der Waals surface area contributed by atoms with Gasteiger partial charge >= 0.3 is 0 Å². The van der Waals surface area contributed by atoms with E-state index in [4.69, 9.17) is 4.74 Å². The molecule has 0 atom stereocenters. The molecule has 3 heterocycles. The largest absolute Gasteiger partial charge is 0.473 e. The SMILES string of the molecule is O=C(C(c1ccccc1)c1ccccc1)N1CCC(Oc2ccc(-n3cccn3)nn2)CC1. The van der Waals surface area contributed by atoms with Gasteiger partial charge in [0.1, 0.15) is 6.10 Å². The highest BCUT2D eigenvalue weighted by Crippen LogP contribution is 2.28. The average molecular weight is 440 g/mol. The van der Waals surface area contributed by atoms with Crippen molar-refractivity contribution < 1.29 is 9.53 Å². The summed E-state index contributed by atoms with van der Waals surface area (Å²) in [5, 5.41) is 12.5. The van der Waals surface area contributed by atoms with E-state index in [1.54, 1.807) is 10.9 Å². The third kappa shape index (κ3) is 4.77. The van der Waals surface area contributed by atoms with Crippen LogP contribution in [0.25, 0.3) is 5.82 Å². The molecule has 1 amide bonds. The predicted molar refractivity (Wildman–Crippen MR) is 124 cm³/mol. The van der Waals surface area contributed by atoms with Crippen molar-refractivity contribution in [2.24, 2.45) is 0 Å². The number of rotatable bonds is 6. The first-order valence-corrected chi connectivity index (χ1v) is 11.2. The number of hydrogen-bond acceptors (Lipinski definition) is 5. The van der Waals surface area contributed by atoms with Crippen LogP contribution < -0.4 is 4.74 Å². The van der Waals surface area contributed by atoms with Gasteiger partial charge in [-0.3, -0.25) is 4.79 Å². The molecular weight excluding hydrogens is 414 g/mol. The van der Waals surface area contributed by atoms with Crippen molar-refractivity contribution in [1.82, 2.24) is 24.9 Å². The van der Waals surface area contributed by atoms with Crippen LogP contribution >= 0.6 is 0 Å². The zero-order valence-corrected chi connectivity index (χ0v) is 18.2. The summed E-state index contributed by atoms with van der Waals surface area (Å²) in [6.07, 6.45) is 5.03. The Balaban J connectivity index is 1.23. The molecule has 7 heteroatoms. The summed E-state index contributed by atoms with van der Waals surface area (Å²) in [5.74, 6) is 0.961.